The van der Waals surface area contributed by atoms with Crippen molar-refractivity contribution in [1.82, 2.24) is 4.90 Å². The van der Waals surface area contributed by atoms with E-state index in [4.69, 9.17) is 14.2 Å². The van der Waals surface area contributed by atoms with Crippen LogP contribution < -0.4 is 9.47 Å². The Morgan fingerprint density at radius 3 is 1.81 bits per heavy atom. The molecule has 0 aliphatic carbocycles. The summed E-state index contributed by atoms with van der Waals surface area (Å²) in [5.41, 5.74) is 2.04. The van der Waals surface area contributed by atoms with Crippen LogP contribution in [0.1, 0.15) is 18.1 Å². The zero-order valence-corrected chi connectivity index (χ0v) is 18.1. The van der Waals surface area contributed by atoms with Crippen LogP contribution in [0.15, 0.2) is 47.5 Å². The molecule has 2 aromatic carbocycles. The van der Waals surface area contributed by atoms with Gasteiger partial charge in [0.2, 0.25) is 0 Å². The molecular formula is C24H25NO7. The minimum Gasteiger partial charge on any atom is -0.504 e. The Balaban J connectivity index is 2.02. The van der Waals surface area contributed by atoms with E-state index in [1.54, 1.807) is 43.3 Å². The summed E-state index contributed by atoms with van der Waals surface area (Å²) in [6.45, 7) is 2.09. The number of methoxy groups -OCH3 is 2. The number of piperidine rings is 1. The number of hydrogen-bond acceptors (Lipinski definition) is 7. The highest BCUT2D eigenvalue weighted by molar-refractivity contribution is 6.15. The molecule has 0 atom stereocenters. The van der Waals surface area contributed by atoms with Gasteiger partial charge in [-0.25, -0.2) is 4.79 Å². The average molecular weight is 439 g/mol. The van der Waals surface area contributed by atoms with Gasteiger partial charge in [0.1, 0.15) is 0 Å². The molecule has 8 heteroatoms. The molecule has 0 aromatic heterocycles. The standard InChI is InChI=1S/C24H25NO7/c1-4-32-24(29)25-13-17(9-15-5-7-19(26)21(11-15)30-2)23(28)18(14-25)10-16-6-8-20(27)22(12-16)31-3/h5-12,26-27H,4,13-14H2,1-3H3/b17-9-,18-10-. The van der Waals surface area contributed by atoms with Crippen LogP contribution in [0.25, 0.3) is 12.2 Å². The molecule has 1 heterocycles. The normalized spacial score (nSPS) is 16.3. The van der Waals surface area contributed by atoms with Crippen LogP contribution >= 0.6 is 0 Å². The van der Waals surface area contributed by atoms with Crippen molar-refractivity contribution in [1.29, 1.82) is 0 Å². The number of hydrogen-bond donors (Lipinski definition) is 2. The lowest BCUT2D eigenvalue weighted by molar-refractivity contribution is -0.113. The molecule has 1 amide bonds. The molecule has 2 N–H and O–H groups in total. The van der Waals surface area contributed by atoms with Crippen molar-refractivity contribution >= 4 is 24.0 Å². The number of ether oxygens (including phenoxy) is 3. The number of phenols is 2. The highest BCUT2D eigenvalue weighted by Gasteiger charge is 2.30. The van der Waals surface area contributed by atoms with Crippen LogP contribution in [0.3, 0.4) is 0 Å². The summed E-state index contributed by atoms with van der Waals surface area (Å²) in [7, 11) is 2.87. The monoisotopic (exact) mass is 439 g/mol. The van der Waals surface area contributed by atoms with E-state index in [0.29, 0.717) is 22.3 Å². The van der Waals surface area contributed by atoms with E-state index in [0.717, 1.165) is 0 Å². The third kappa shape index (κ3) is 5.03. The minimum absolute atomic E-state index is 0.0142. The average Bonchev–Trinajstić information content (AvgIpc) is 2.78. The quantitative estimate of drug-likeness (QED) is 0.686. The first-order valence-corrected chi connectivity index (χ1v) is 9.97. The molecule has 0 spiro atoms. The highest BCUT2D eigenvalue weighted by Crippen LogP contribution is 2.30. The van der Waals surface area contributed by atoms with Crippen LogP contribution in [0.4, 0.5) is 4.79 Å². The van der Waals surface area contributed by atoms with Crippen molar-refractivity contribution < 1.29 is 34.0 Å². The highest BCUT2D eigenvalue weighted by atomic mass is 16.6. The van der Waals surface area contributed by atoms with Crippen LogP contribution in [0, 0.1) is 0 Å². The van der Waals surface area contributed by atoms with E-state index in [9.17, 15) is 19.8 Å². The summed E-state index contributed by atoms with van der Waals surface area (Å²) in [4.78, 5) is 27.1. The molecule has 0 saturated carbocycles. The van der Waals surface area contributed by atoms with Gasteiger partial charge < -0.3 is 24.4 Å². The Morgan fingerprint density at radius 2 is 1.41 bits per heavy atom. The summed E-state index contributed by atoms with van der Waals surface area (Å²) >= 11 is 0. The Kier molecular flexibility index (Phi) is 7.04. The van der Waals surface area contributed by atoms with E-state index in [1.807, 2.05) is 0 Å². The Morgan fingerprint density at radius 1 is 0.938 bits per heavy atom. The first-order valence-electron chi connectivity index (χ1n) is 9.97. The van der Waals surface area contributed by atoms with Crippen molar-refractivity contribution in [2.24, 2.45) is 0 Å². The number of phenolic OH excluding ortho intramolecular Hbond substituents is 2. The predicted molar refractivity (Wildman–Crippen MR) is 119 cm³/mol. The van der Waals surface area contributed by atoms with E-state index in [-0.39, 0.29) is 48.5 Å². The van der Waals surface area contributed by atoms with Crippen LogP contribution in [0.5, 0.6) is 23.0 Å². The van der Waals surface area contributed by atoms with Gasteiger partial charge in [-0.1, -0.05) is 12.1 Å². The second kappa shape index (κ2) is 9.91. The van der Waals surface area contributed by atoms with Crippen molar-refractivity contribution in [2.75, 3.05) is 33.9 Å². The Hall–Kier alpha value is -3.94. The fraction of sp³-hybridized carbons (Fsp3) is 0.250. The molecule has 0 unspecified atom stereocenters. The van der Waals surface area contributed by atoms with Gasteiger partial charge in [-0.15, -0.1) is 0 Å². The Labute approximate surface area is 185 Å². The predicted octanol–water partition coefficient (Wildman–Crippen LogP) is 3.62. The SMILES string of the molecule is CCOC(=O)N1C/C(=C/c2ccc(O)c(OC)c2)C(=O)/C(=C\c2ccc(O)c(OC)c2)C1. The van der Waals surface area contributed by atoms with Crippen LogP contribution in [-0.2, 0) is 9.53 Å². The summed E-state index contributed by atoms with van der Waals surface area (Å²) < 4.78 is 15.4. The minimum atomic E-state index is -0.525. The number of amides is 1. The van der Waals surface area contributed by atoms with Gasteiger partial charge in [-0.3, -0.25) is 9.69 Å². The lowest BCUT2D eigenvalue weighted by Gasteiger charge is -2.29. The third-order valence-corrected chi connectivity index (χ3v) is 4.92. The van der Waals surface area contributed by atoms with E-state index in [1.165, 1.54) is 31.3 Å². The number of Topliss-reactive ketones (excluding diaryl/α,β-unsaturated/α-hetero) is 1. The molecule has 1 saturated heterocycles. The number of carbonyl (C=O) groups is 2. The third-order valence-electron chi connectivity index (χ3n) is 4.92. The van der Waals surface area contributed by atoms with E-state index in [2.05, 4.69) is 0 Å². The van der Waals surface area contributed by atoms with Gasteiger partial charge in [0, 0.05) is 11.1 Å². The van der Waals surface area contributed by atoms with Crippen molar-refractivity contribution in [3.8, 4) is 23.0 Å². The molecule has 32 heavy (non-hydrogen) atoms. The maximum atomic E-state index is 13.2. The molecule has 1 aliphatic heterocycles. The molecule has 168 valence electrons. The summed E-state index contributed by atoms with van der Waals surface area (Å²) in [5, 5.41) is 19.6. The number of aromatic hydroxyl groups is 2. The van der Waals surface area contributed by atoms with Crippen LogP contribution in [0.2, 0.25) is 0 Å². The topological polar surface area (TPSA) is 106 Å². The fourth-order valence-electron chi connectivity index (χ4n) is 3.35. The molecule has 1 aliphatic rings. The summed E-state index contributed by atoms with van der Waals surface area (Å²) in [5.74, 6) is 0.303. The fourth-order valence-corrected chi connectivity index (χ4v) is 3.35. The van der Waals surface area contributed by atoms with Gasteiger partial charge in [0.15, 0.2) is 28.8 Å². The van der Waals surface area contributed by atoms with Gasteiger partial charge in [0.05, 0.1) is 33.9 Å². The van der Waals surface area contributed by atoms with Crippen LogP contribution in [-0.4, -0.2) is 60.9 Å². The first kappa shape index (κ1) is 22.7. The smallest absolute Gasteiger partial charge is 0.410 e. The molecule has 0 radical (unpaired) electrons. The van der Waals surface area contributed by atoms with E-state index < -0.39 is 6.09 Å². The number of likely N-dealkylation sites (tertiary alicyclic amines) is 1. The molecule has 1 fully saturated rings. The largest absolute Gasteiger partial charge is 0.504 e. The second-order valence-electron chi connectivity index (χ2n) is 7.09. The zero-order valence-electron chi connectivity index (χ0n) is 18.1. The molecular weight excluding hydrogens is 414 g/mol. The van der Waals surface area contributed by atoms with Crippen molar-refractivity contribution in [3.63, 3.8) is 0 Å². The summed E-state index contributed by atoms with van der Waals surface area (Å²) in [6.07, 6.45) is 2.78. The zero-order chi connectivity index (χ0) is 23.3. The second-order valence-corrected chi connectivity index (χ2v) is 7.09. The molecule has 3 rings (SSSR count). The maximum Gasteiger partial charge on any atom is 0.410 e. The molecule has 8 nitrogen and oxygen atoms in total. The first-order chi connectivity index (χ1) is 15.4. The van der Waals surface area contributed by atoms with Crippen molar-refractivity contribution in [2.45, 2.75) is 6.92 Å². The van der Waals surface area contributed by atoms with Gasteiger partial charge >= 0.3 is 6.09 Å². The lowest BCUT2D eigenvalue weighted by atomic mass is 9.94. The molecule has 0 bridgehead atoms. The number of nitrogens with zero attached hydrogens (tertiary/aromatic N) is 1. The van der Waals surface area contributed by atoms with Gasteiger partial charge in [-0.05, 0) is 54.5 Å². The van der Waals surface area contributed by atoms with Gasteiger partial charge in [0.25, 0.3) is 0 Å². The van der Waals surface area contributed by atoms with E-state index >= 15 is 0 Å². The van der Waals surface area contributed by atoms with Crippen molar-refractivity contribution in [3.05, 3.63) is 58.7 Å². The number of carbonyl (C=O) groups excluding carboxylic acids is 2. The molecule has 2 aromatic rings. The summed E-state index contributed by atoms with van der Waals surface area (Å²) in [6, 6.07) is 9.45. The van der Waals surface area contributed by atoms with Gasteiger partial charge in [-0.2, -0.15) is 0 Å². The Bertz CT molecular complexity index is 1010. The lowest BCUT2D eigenvalue weighted by Crippen LogP contribution is -2.41. The number of ketones is 1. The number of rotatable bonds is 5. The maximum absolute atomic E-state index is 13.2. The number of benzene rings is 2.